The maximum absolute atomic E-state index is 12.0. The summed E-state index contributed by atoms with van der Waals surface area (Å²) in [5, 5.41) is 0. The zero-order chi connectivity index (χ0) is 11.0. The van der Waals surface area contributed by atoms with Crippen LogP contribution in [0.3, 0.4) is 0 Å². The lowest BCUT2D eigenvalue weighted by atomic mass is 9.85. The van der Waals surface area contributed by atoms with Crippen LogP contribution in [0.15, 0.2) is 18.2 Å². The van der Waals surface area contributed by atoms with Gasteiger partial charge in [0.1, 0.15) is 5.69 Å². The maximum atomic E-state index is 12.0. The molecule has 1 aromatic rings. The van der Waals surface area contributed by atoms with Crippen LogP contribution in [0.4, 0.5) is 26.1 Å². The van der Waals surface area contributed by atoms with E-state index >= 15 is 0 Å². The van der Waals surface area contributed by atoms with Crippen molar-refractivity contribution in [2.45, 2.75) is 6.18 Å². The van der Waals surface area contributed by atoms with Crippen molar-refractivity contribution in [2.75, 3.05) is 0 Å². The van der Waals surface area contributed by atoms with E-state index in [2.05, 4.69) is 4.98 Å². The van der Waals surface area contributed by atoms with Crippen molar-refractivity contribution in [3.8, 4) is 0 Å². The van der Waals surface area contributed by atoms with Crippen LogP contribution < -0.4 is 5.59 Å². The molecule has 0 atom stereocenters. The monoisotopic (exact) mass is 214 g/mol. The molecular weight excluding hydrogens is 211 g/mol. The lowest BCUT2D eigenvalue weighted by Gasteiger charge is -2.15. The Morgan fingerprint density at radius 2 is 1.64 bits per heavy atom. The largest absolute Gasteiger partial charge is 0.527 e. The first-order valence-corrected chi connectivity index (χ1v) is 3.45. The lowest BCUT2D eigenvalue weighted by molar-refractivity contribution is -0.141. The SMILES string of the molecule is F[B-](F)(F)c1cccc(C(F)(F)F)n1. The molecule has 0 radical (unpaired) electrons. The minimum absolute atomic E-state index is 0.491. The summed E-state index contributed by atoms with van der Waals surface area (Å²) < 4.78 is 71.8. The van der Waals surface area contributed by atoms with Crippen molar-refractivity contribution >= 4 is 12.6 Å². The summed E-state index contributed by atoms with van der Waals surface area (Å²) in [5.74, 6) is 0. The number of pyridine rings is 1. The molecule has 78 valence electrons. The average Bonchev–Trinajstić information content (AvgIpc) is 2.01. The summed E-state index contributed by atoms with van der Waals surface area (Å²) in [5.41, 5.74) is -3.02. The van der Waals surface area contributed by atoms with E-state index in [9.17, 15) is 26.1 Å². The van der Waals surface area contributed by atoms with Crippen LogP contribution in [0.1, 0.15) is 5.69 Å². The predicted octanol–water partition coefficient (Wildman–Crippen LogP) is 2.15. The first kappa shape index (κ1) is 10.9. The van der Waals surface area contributed by atoms with Crippen LogP contribution >= 0.6 is 0 Å². The molecule has 1 heterocycles. The normalized spacial score (nSPS) is 13.0. The molecular formula is C6H3BF6N-. The number of nitrogens with zero attached hydrogens (tertiary/aromatic N) is 1. The fraction of sp³-hybridized carbons (Fsp3) is 0.167. The van der Waals surface area contributed by atoms with Gasteiger partial charge in [0.25, 0.3) is 0 Å². The number of aromatic nitrogens is 1. The lowest BCUT2D eigenvalue weighted by Crippen LogP contribution is -2.37. The van der Waals surface area contributed by atoms with Crippen LogP contribution in [0, 0.1) is 0 Å². The zero-order valence-corrected chi connectivity index (χ0v) is 6.52. The second-order valence-electron chi connectivity index (χ2n) is 2.52. The van der Waals surface area contributed by atoms with E-state index in [-0.39, 0.29) is 0 Å². The summed E-state index contributed by atoms with van der Waals surface area (Å²) in [4.78, 5) is 2.49. The second kappa shape index (κ2) is 3.18. The highest BCUT2D eigenvalue weighted by Crippen LogP contribution is 2.26. The summed E-state index contributed by atoms with van der Waals surface area (Å²) in [6, 6.07) is 1.68. The molecule has 0 aliphatic rings. The van der Waals surface area contributed by atoms with Gasteiger partial charge in [-0.1, -0.05) is 12.1 Å². The number of halogens is 6. The third-order valence-electron chi connectivity index (χ3n) is 1.40. The second-order valence-corrected chi connectivity index (χ2v) is 2.52. The van der Waals surface area contributed by atoms with Gasteiger partial charge in [-0.15, -0.1) is 0 Å². The molecule has 0 aliphatic heterocycles. The van der Waals surface area contributed by atoms with Crippen LogP contribution in [0.5, 0.6) is 0 Å². The molecule has 1 nitrogen and oxygen atoms in total. The standard InChI is InChI=1S/C6H3BF6N/c8-6(9,10)4-2-1-3-5(14-4)7(11,12)13/h1-3H/q-1. The van der Waals surface area contributed by atoms with Crippen LogP contribution in [0.2, 0.25) is 0 Å². The third-order valence-corrected chi connectivity index (χ3v) is 1.40. The van der Waals surface area contributed by atoms with Crippen LogP contribution in [0.25, 0.3) is 0 Å². The number of hydrogen-bond donors (Lipinski definition) is 0. The Morgan fingerprint density at radius 1 is 1.07 bits per heavy atom. The van der Waals surface area contributed by atoms with Gasteiger partial charge in [-0.05, 0) is 11.7 Å². The highest BCUT2D eigenvalue weighted by molar-refractivity contribution is 6.72. The van der Waals surface area contributed by atoms with E-state index in [4.69, 9.17) is 0 Å². The van der Waals surface area contributed by atoms with E-state index in [1.165, 1.54) is 0 Å². The fourth-order valence-electron chi connectivity index (χ4n) is 0.792. The van der Waals surface area contributed by atoms with E-state index < -0.39 is 24.4 Å². The first-order chi connectivity index (χ1) is 6.21. The fourth-order valence-corrected chi connectivity index (χ4v) is 0.792. The molecule has 0 aromatic carbocycles. The van der Waals surface area contributed by atoms with Crippen molar-refractivity contribution in [1.29, 1.82) is 0 Å². The molecule has 8 heteroatoms. The third kappa shape index (κ3) is 2.40. The molecule has 1 rings (SSSR count). The van der Waals surface area contributed by atoms with E-state index in [1.807, 2.05) is 0 Å². The van der Waals surface area contributed by atoms with Gasteiger partial charge in [0.05, 0.1) is 0 Å². The minimum Gasteiger partial charge on any atom is -0.444 e. The summed E-state index contributed by atoms with van der Waals surface area (Å²) >= 11 is 0. The molecule has 14 heavy (non-hydrogen) atoms. The molecule has 0 saturated carbocycles. The minimum atomic E-state index is -5.49. The van der Waals surface area contributed by atoms with Gasteiger partial charge in [0.15, 0.2) is 0 Å². The maximum Gasteiger partial charge on any atom is 0.527 e. The molecule has 0 saturated heterocycles. The van der Waals surface area contributed by atoms with Crippen LogP contribution in [-0.4, -0.2) is 12.0 Å². The Labute approximate surface area is 74.8 Å². The number of rotatable bonds is 1. The highest BCUT2D eigenvalue weighted by Gasteiger charge is 2.35. The Morgan fingerprint density at radius 3 is 2.07 bits per heavy atom. The molecule has 0 spiro atoms. The highest BCUT2D eigenvalue weighted by atomic mass is 19.4. The van der Waals surface area contributed by atoms with Crippen molar-refractivity contribution in [2.24, 2.45) is 0 Å². The van der Waals surface area contributed by atoms with Gasteiger partial charge in [-0.3, -0.25) is 4.98 Å². The first-order valence-electron chi connectivity index (χ1n) is 3.45. The predicted molar refractivity (Wildman–Crippen MR) is 38.0 cm³/mol. The summed E-state index contributed by atoms with van der Waals surface area (Å²) in [6.07, 6.45) is -4.85. The number of alkyl halides is 3. The summed E-state index contributed by atoms with van der Waals surface area (Å²) in [6.45, 7) is -5.49. The molecule has 0 aliphatic carbocycles. The molecule has 1 aromatic heterocycles. The van der Waals surface area contributed by atoms with Gasteiger partial charge in [-0.2, -0.15) is 13.2 Å². The number of hydrogen-bond acceptors (Lipinski definition) is 1. The van der Waals surface area contributed by atoms with Crippen molar-refractivity contribution < 1.29 is 26.1 Å². The van der Waals surface area contributed by atoms with E-state index in [1.54, 1.807) is 0 Å². The average molecular weight is 214 g/mol. The van der Waals surface area contributed by atoms with Gasteiger partial charge < -0.3 is 12.9 Å². The Balaban J connectivity index is 3.15. The molecule has 0 amide bonds. The van der Waals surface area contributed by atoms with E-state index in [0.29, 0.717) is 18.2 Å². The topological polar surface area (TPSA) is 12.9 Å². The van der Waals surface area contributed by atoms with Crippen molar-refractivity contribution in [3.05, 3.63) is 23.9 Å². The van der Waals surface area contributed by atoms with Crippen LogP contribution in [-0.2, 0) is 6.18 Å². The quantitative estimate of drug-likeness (QED) is 0.515. The Bertz CT molecular complexity index is 301. The molecule has 0 N–H and O–H groups in total. The van der Waals surface area contributed by atoms with Crippen molar-refractivity contribution in [3.63, 3.8) is 0 Å². The van der Waals surface area contributed by atoms with E-state index in [0.717, 1.165) is 0 Å². The van der Waals surface area contributed by atoms with Gasteiger partial charge in [0, 0.05) is 0 Å². The summed E-state index contributed by atoms with van der Waals surface area (Å²) in [7, 11) is 0. The molecule has 0 fully saturated rings. The molecule has 0 bridgehead atoms. The van der Waals surface area contributed by atoms with Gasteiger partial charge >= 0.3 is 13.2 Å². The van der Waals surface area contributed by atoms with Gasteiger partial charge in [-0.25, -0.2) is 0 Å². The smallest absolute Gasteiger partial charge is 0.444 e. The van der Waals surface area contributed by atoms with Gasteiger partial charge in [0.2, 0.25) is 0 Å². The Hall–Kier alpha value is -1.21. The Kier molecular flexibility index (Phi) is 2.47. The zero-order valence-electron chi connectivity index (χ0n) is 6.52. The molecule has 0 unspecified atom stereocenters. The van der Waals surface area contributed by atoms with Crippen molar-refractivity contribution in [1.82, 2.24) is 4.98 Å².